The Kier molecular flexibility index (Phi) is 32.9. The van der Waals surface area contributed by atoms with E-state index in [4.69, 9.17) is 4.74 Å². The summed E-state index contributed by atoms with van der Waals surface area (Å²) in [6.07, 6.45) is 1.55. The first kappa shape index (κ1) is 82.2. The maximum Gasteiger partial charge on any atom is 0.409 e. The number of nitrogens with zero attached hydrogens (tertiary/aromatic N) is 8. The maximum absolute atomic E-state index is 15.2. The fraction of sp³-hybridized carbons (Fsp3) is 0.785. The van der Waals surface area contributed by atoms with Gasteiger partial charge in [-0.05, 0) is 102 Å². The minimum Gasteiger partial charge on any atom is -0.443 e. The summed E-state index contributed by atoms with van der Waals surface area (Å²) in [5.74, 6) is -10.6. The first-order chi connectivity index (χ1) is 41.8. The van der Waals surface area contributed by atoms with Crippen LogP contribution >= 0.6 is 0 Å². The molecule has 1 heterocycles. The molecule has 520 valence electrons. The molecule has 26 heteroatoms. The summed E-state index contributed by atoms with van der Waals surface area (Å²) in [5, 5.41) is 23.0. The summed E-state index contributed by atoms with van der Waals surface area (Å²) in [5.41, 5.74) is -1.44. The topological polar surface area (TPSA) is 308 Å². The first-order valence-electron chi connectivity index (χ1n) is 32.1. The van der Waals surface area contributed by atoms with Crippen LogP contribution in [0.15, 0.2) is 12.2 Å². The number of aliphatic hydroxyl groups excluding tert-OH is 1. The van der Waals surface area contributed by atoms with Crippen LogP contribution in [0, 0.1) is 35.5 Å². The Bertz CT molecular complexity index is 2560. The van der Waals surface area contributed by atoms with Crippen molar-refractivity contribution in [3.63, 3.8) is 0 Å². The van der Waals surface area contributed by atoms with E-state index < -0.39 is 167 Å². The highest BCUT2D eigenvalue weighted by atomic mass is 16.6. The molecule has 0 radical (unpaired) electrons. The Balaban J connectivity index is 4.44. The molecule has 91 heavy (non-hydrogen) atoms. The number of carbonyl (C=O) groups excluding carboxylic acids is 12. The van der Waals surface area contributed by atoms with Crippen molar-refractivity contribution in [3.05, 3.63) is 12.2 Å². The van der Waals surface area contributed by atoms with Gasteiger partial charge in [-0.3, -0.25) is 52.7 Å². The number of nitrogens with one attached hydrogen (secondary N) is 4. The highest BCUT2D eigenvalue weighted by molar-refractivity contribution is 5.99. The highest BCUT2D eigenvalue weighted by Gasteiger charge is 2.46. The number of allylic oxidation sites excluding steroid dienone is 2. The molecule has 1 aliphatic rings. The van der Waals surface area contributed by atoms with Crippen molar-refractivity contribution in [1.29, 1.82) is 0 Å². The second-order valence-corrected chi connectivity index (χ2v) is 27.7. The van der Waals surface area contributed by atoms with Gasteiger partial charge < -0.3 is 70.3 Å². The van der Waals surface area contributed by atoms with E-state index in [1.54, 1.807) is 60.6 Å². The van der Waals surface area contributed by atoms with E-state index in [1.165, 1.54) is 116 Å². The van der Waals surface area contributed by atoms with E-state index in [-0.39, 0.29) is 56.3 Å². The molecular formula is C65H116N12O14. The lowest BCUT2D eigenvalue weighted by atomic mass is 9.91. The van der Waals surface area contributed by atoms with Crippen LogP contribution in [0.2, 0.25) is 0 Å². The third-order valence-corrected chi connectivity index (χ3v) is 16.8. The zero-order chi connectivity index (χ0) is 70.8. The zero-order valence-corrected chi connectivity index (χ0v) is 59.8. The Labute approximate surface area is 543 Å². The second kappa shape index (κ2) is 36.4. The Hall–Kier alpha value is -6.86. The molecule has 1 fully saturated rings. The standard InChI is InChI=1S/C65H116N12O14/c1-27-29-30-41(13)53(79)52-57(83)68-44(28-2)59(85)71(20)35-49(78)72(21)48(34-65(16,17)91-64(90)70(18)19)56(82)69-50(39(9)10)62(88)73(22)45(31-36(3)4)55(81)66-42(14)54(80)67-43(15)58(84)74(23)46(32-37(5)6)60(86)75(24)47(33-38(7)8)61(87)76(25)51(40(11)12)63(89)77(52)26/h27,29,36-48,50-53,79H,28,30-35H2,1-26H3,(H,66,81)(H,67,80)(H,68,83)(H,69,82)/b29-27+/t41?,42-,43+,44-,45-,46-,47-,48-,50-,51-,52-,53?/m0/s1. The quantitative estimate of drug-likeness (QED) is 0.139. The fourth-order valence-corrected chi connectivity index (χ4v) is 11.0. The number of likely N-dealkylation sites (N-methyl/N-ethyl adjacent to an activating group) is 7. The molecule has 0 aromatic heterocycles. The third kappa shape index (κ3) is 23.3. The van der Waals surface area contributed by atoms with Gasteiger partial charge in [-0.1, -0.05) is 95.2 Å². The van der Waals surface area contributed by atoms with Crippen LogP contribution in [0.3, 0.4) is 0 Å². The number of rotatable bonds is 16. The number of amides is 12. The van der Waals surface area contributed by atoms with Gasteiger partial charge in [-0.25, -0.2) is 4.79 Å². The summed E-state index contributed by atoms with van der Waals surface area (Å²) in [4.78, 5) is 184. The molecule has 2 unspecified atom stereocenters. The van der Waals surface area contributed by atoms with E-state index in [0.717, 1.165) is 14.7 Å². The summed E-state index contributed by atoms with van der Waals surface area (Å²) in [7, 11) is 12.6. The lowest BCUT2D eigenvalue weighted by Gasteiger charge is -2.41. The van der Waals surface area contributed by atoms with Crippen LogP contribution in [0.4, 0.5) is 4.79 Å². The number of hydrogen-bond donors (Lipinski definition) is 5. The fourth-order valence-electron chi connectivity index (χ4n) is 11.0. The predicted octanol–water partition coefficient (Wildman–Crippen LogP) is 3.09. The Morgan fingerprint density at radius 1 is 0.560 bits per heavy atom. The van der Waals surface area contributed by atoms with E-state index in [9.17, 15) is 53.1 Å². The summed E-state index contributed by atoms with van der Waals surface area (Å²) in [6.45, 7) is 28.2. The smallest absolute Gasteiger partial charge is 0.409 e. The predicted molar refractivity (Wildman–Crippen MR) is 348 cm³/mol. The van der Waals surface area contributed by atoms with E-state index >= 15 is 9.59 Å². The molecule has 0 spiro atoms. The molecule has 1 rings (SSSR count). The average Bonchev–Trinajstić information content (AvgIpc) is 0.913. The molecular weight excluding hydrogens is 1170 g/mol. The van der Waals surface area contributed by atoms with Gasteiger partial charge in [0.2, 0.25) is 65.0 Å². The van der Waals surface area contributed by atoms with Gasteiger partial charge in [0, 0.05) is 69.8 Å². The normalized spacial score (nSPS) is 25.9. The Morgan fingerprint density at radius 2 is 1.01 bits per heavy atom. The van der Waals surface area contributed by atoms with Crippen molar-refractivity contribution in [2.75, 3.05) is 70.0 Å². The molecule has 0 bridgehead atoms. The van der Waals surface area contributed by atoms with E-state index in [2.05, 4.69) is 21.3 Å². The average molecular weight is 1290 g/mol. The van der Waals surface area contributed by atoms with E-state index in [1.807, 2.05) is 41.5 Å². The molecule has 1 aliphatic heterocycles. The molecule has 0 aliphatic carbocycles. The molecule has 0 saturated carbocycles. The highest BCUT2D eigenvalue weighted by Crippen LogP contribution is 2.27. The first-order valence-corrected chi connectivity index (χ1v) is 32.1. The van der Waals surface area contributed by atoms with Crippen LogP contribution < -0.4 is 21.3 Å². The number of ether oxygens (including phenoxy) is 1. The van der Waals surface area contributed by atoms with Crippen LogP contribution in [-0.4, -0.2) is 257 Å². The van der Waals surface area contributed by atoms with Gasteiger partial charge in [-0.2, -0.15) is 0 Å². The van der Waals surface area contributed by atoms with Gasteiger partial charge in [0.25, 0.3) is 0 Å². The molecule has 0 aromatic carbocycles. The SMILES string of the molecule is C/C=C/CC(C)C(O)[C@H]1C(=O)N[C@@H](CC)C(=O)N(C)CC(=O)N(C)[C@@H](CC(C)(C)OC(=O)N(C)C)C(=O)N[C@@H](C(C)C)C(=O)N(C)[C@@H](CC(C)C)C(=O)N[C@@H](C)C(=O)N[C@H](C)C(=O)N(C)[C@@H](CC(C)C)C(=O)N(C)[C@@H](CC(C)C)C(=O)N(C)[C@@H](C(C)C)C(=O)N1C. The zero-order valence-electron chi connectivity index (χ0n) is 59.8. The summed E-state index contributed by atoms with van der Waals surface area (Å²) < 4.78 is 5.76. The van der Waals surface area contributed by atoms with Gasteiger partial charge in [0.05, 0.1) is 12.6 Å². The number of carbonyl (C=O) groups is 12. The third-order valence-electron chi connectivity index (χ3n) is 16.8. The molecule has 12 atom stereocenters. The van der Waals surface area contributed by atoms with Crippen LogP contribution in [0.25, 0.3) is 0 Å². The Morgan fingerprint density at radius 3 is 1.47 bits per heavy atom. The lowest BCUT2D eigenvalue weighted by molar-refractivity contribution is -0.157. The van der Waals surface area contributed by atoms with Crippen molar-refractivity contribution in [2.45, 2.75) is 228 Å². The van der Waals surface area contributed by atoms with Crippen molar-refractivity contribution >= 4 is 71.1 Å². The number of hydrogen-bond acceptors (Lipinski definition) is 14. The largest absolute Gasteiger partial charge is 0.443 e. The van der Waals surface area contributed by atoms with Crippen molar-refractivity contribution in [1.82, 2.24) is 60.5 Å². The van der Waals surface area contributed by atoms with Crippen molar-refractivity contribution in [3.8, 4) is 0 Å². The van der Waals surface area contributed by atoms with Crippen LogP contribution in [0.1, 0.15) is 156 Å². The van der Waals surface area contributed by atoms with Crippen LogP contribution in [-0.2, 0) is 57.5 Å². The van der Waals surface area contributed by atoms with Gasteiger partial charge in [-0.15, -0.1) is 0 Å². The van der Waals surface area contributed by atoms with E-state index in [0.29, 0.717) is 0 Å². The second-order valence-electron chi connectivity index (χ2n) is 27.7. The molecule has 0 aromatic rings. The number of aliphatic hydroxyl groups is 1. The maximum atomic E-state index is 15.2. The van der Waals surface area contributed by atoms with Gasteiger partial charge in [0.15, 0.2) is 0 Å². The minimum atomic E-state index is -1.66. The molecule has 26 nitrogen and oxygen atoms in total. The van der Waals surface area contributed by atoms with Gasteiger partial charge in [0.1, 0.15) is 66.0 Å². The summed E-state index contributed by atoms with van der Waals surface area (Å²) >= 11 is 0. The minimum absolute atomic E-state index is 0.0346. The van der Waals surface area contributed by atoms with Gasteiger partial charge >= 0.3 is 6.09 Å². The lowest BCUT2D eigenvalue weighted by Crippen LogP contribution is -2.63. The monoisotopic (exact) mass is 1290 g/mol. The van der Waals surface area contributed by atoms with Crippen molar-refractivity contribution < 1.29 is 67.4 Å². The summed E-state index contributed by atoms with van der Waals surface area (Å²) in [6, 6.07) is -13.2. The van der Waals surface area contributed by atoms with Crippen LogP contribution in [0.5, 0.6) is 0 Å². The molecule has 5 N–H and O–H groups in total. The molecule has 1 saturated heterocycles. The molecule has 12 amide bonds. The van der Waals surface area contributed by atoms with Crippen molar-refractivity contribution in [2.24, 2.45) is 35.5 Å².